The Morgan fingerprint density at radius 3 is 2.54 bits per heavy atom. The highest BCUT2D eigenvalue weighted by Gasteiger charge is 2.14. The number of hydrogen-bond acceptors (Lipinski definition) is 3. The number of ether oxygens (including phenoxy) is 1. The Balaban J connectivity index is 1.99. The molecule has 0 saturated carbocycles. The van der Waals surface area contributed by atoms with E-state index in [1.54, 1.807) is 36.3 Å². The predicted molar refractivity (Wildman–Crippen MR) is 94.5 cm³/mol. The molecule has 0 heterocycles. The maximum atomic E-state index is 12.2. The summed E-state index contributed by atoms with van der Waals surface area (Å²) < 4.78 is 5.12. The molecule has 0 aliphatic rings. The first-order valence-electron chi connectivity index (χ1n) is 7.79. The van der Waals surface area contributed by atoms with Crippen LogP contribution in [0.3, 0.4) is 0 Å². The molecule has 5 heteroatoms. The van der Waals surface area contributed by atoms with Gasteiger partial charge in [0.05, 0.1) is 7.11 Å². The fourth-order valence-corrected chi connectivity index (χ4v) is 2.46. The van der Waals surface area contributed by atoms with Crippen molar-refractivity contribution in [1.82, 2.24) is 5.32 Å². The third kappa shape index (κ3) is 4.35. The number of aryl methyl sites for hydroxylation is 1. The van der Waals surface area contributed by atoms with Crippen molar-refractivity contribution in [2.24, 2.45) is 0 Å². The number of carbonyl (C=O) groups excluding carboxylic acids is 2. The summed E-state index contributed by atoms with van der Waals surface area (Å²) in [6.45, 7) is 4.26. The van der Waals surface area contributed by atoms with Crippen LogP contribution >= 0.6 is 0 Å². The minimum absolute atomic E-state index is 0.0556. The summed E-state index contributed by atoms with van der Waals surface area (Å²) in [4.78, 5) is 25.8. The van der Waals surface area contributed by atoms with Gasteiger partial charge in [-0.2, -0.15) is 0 Å². The van der Waals surface area contributed by atoms with E-state index in [0.717, 1.165) is 11.3 Å². The summed E-state index contributed by atoms with van der Waals surface area (Å²) in [5.74, 6) is 0.384. The van der Waals surface area contributed by atoms with Gasteiger partial charge in [0.15, 0.2) is 0 Å². The van der Waals surface area contributed by atoms with Gasteiger partial charge < -0.3 is 15.0 Å². The highest BCUT2D eigenvalue weighted by atomic mass is 16.5. The molecule has 0 saturated heterocycles. The number of carbonyl (C=O) groups is 2. The molecular formula is C19H22N2O3. The number of para-hydroxylation sites is 1. The Bertz CT molecular complexity index is 728. The fraction of sp³-hybridized carbons (Fsp3) is 0.263. The van der Waals surface area contributed by atoms with Crippen molar-refractivity contribution in [2.45, 2.75) is 13.8 Å². The van der Waals surface area contributed by atoms with Crippen LogP contribution in [0.5, 0.6) is 5.75 Å². The Hall–Kier alpha value is -2.82. The Morgan fingerprint density at radius 2 is 1.88 bits per heavy atom. The van der Waals surface area contributed by atoms with Gasteiger partial charge >= 0.3 is 0 Å². The maximum Gasteiger partial charge on any atom is 0.251 e. The third-order valence-electron chi connectivity index (χ3n) is 3.74. The molecule has 2 amide bonds. The quantitative estimate of drug-likeness (QED) is 0.888. The molecule has 2 aromatic carbocycles. The zero-order valence-corrected chi connectivity index (χ0v) is 14.2. The highest BCUT2D eigenvalue weighted by Crippen LogP contribution is 2.19. The van der Waals surface area contributed by atoms with Crippen LogP contribution in [0.25, 0.3) is 0 Å². The van der Waals surface area contributed by atoms with Crippen LogP contribution < -0.4 is 15.0 Å². The van der Waals surface area contributed by atoms with E-state index >= 15 is 0 Å². The molecule has 0 spiro atoms. The molecule has 24 heavy (non-hydrogen) atoms. The Kier molecular flexibility index (Phi) is 5.95. The molecule has 5 nitrogen and oxygen atoms in total. The van der Waals surface area contributed by atoms with Crippen molar-refractivity contribution in [2.75, 3.05) is 25.1 Å². The van der Waals surface area contributed by atoms with Crippen LogP contribution in [-0.4, -0.2) is 32.0 Å². The van der Waals surface area contributed by atoms with Crippen molar-refractivity contribution >= 4 is 17.5 Å². The molecule has 2 aromatic rings. The van der Waals surface area contributed by atoms with Crippen molar-refractivity contribution < 1.29 is 14.3 Å². The number of rotatable bonds is 6. The van der Waals surface area contributed by atoms with E-state index in [1.807, 2.05) is 31.2 Å². The van der Waals surface area contributed by atoms with E-state index in [1.165, 1.54) is 6.92 Å². The summed E-state index contributed by atoms with van der Waals surface area (Å²) in [6, 6.07) is 14.6. The zero-order chi connectivity index (χ0) is 17.5. The fourth-order valence-electron chi connectivity index (χ4n) is 2.46. The smallest absolute Gasteiger partial charge is 0.251 e. The molecule has 0 atom stereocenters. The molecule has 0 aliphatic carbocycles. The van der Waals surface area contributed by atoms with E-state index in [9.17, 15) is 9.59 Å². The molecule has 126 valence electrons. The van der Waals surface area contributed by atoms with E-state index < -0.39 is 0 Å². The predicted octanol–water partition coefficient (Wildman–Crippen LogP) is 2.79. The number of benzene rings is 2. The second-order valence-electron chi connectivity index (χ2n) is 5.44. The van der Waals surface area contributed by atoms with Gasteiger partial charge in [0, 0.05) is 31.3 Å². The van der Waals surface area contributed by atoms with E-state index in [-0.39, 0.29) is 11.8 Å². The minimum atomic E-state index is -0.192. The van der Waals surface area contributed by atoms with Gasteiger partial charge in [-0.25, -0.2) is 0 Å². The summed E-state index contributed by atoms with van der Waals surface area (Å²) in [6.07, 6.45) is 0. The van der Waals surface area contributed by atoms with Gasteiger partial charge in [-0.3, -0.25) is 9.59 Å². The summed E-state index contributed by atoms with van der Waals surface area (Å²) >= 11 is 0. The van der Waals surface area contributed by atoms with Crippen LogP contribution in [0.2, 0.25) is 0 Å². The Labute approximate surface area is 142 Å². The second-order valence-corrected chi connectivity index (χ2v) is 5.44. The second kappa shape index (κ2) is 8.15. The molecule has 2 rings (SSSR count). The zero-order valence-electron chi connectivity index (χ0n) is 14.2. The van der Waals surface area contributed by atoms with Crippen LogP contribution in [0.4, 0.5) is 5.69 Å². The molecule has 0 fully saturated rings. The van der Waals surface area contributed by atoms with Gasteiger partial charge in [-0.1, -0.05) is 24.3 Å². The van der Waals surface area contributed by atoms with Gasteiger partial charge in [-0.15, -0.1) is 0 Å². The van der Waals surface area contributed by atoms with Gasteiger partial charge in [0.2, 0.25) is 5.91 Å². The van der Waals surface area contributed by atoms with Crippen LogP contribution in [-0.2, 0) is 4.79 Å². The lowest BCUT2D eigenvalue weighted by molar-refractivity contribution is -0.116. The number of nitrogens with zero attached hydrogens (tertiary/aromatic N) is 1. The van der Waals surface area contributed by atoms with Gasteiger partial charge in [0.25, 0.3) is 5.91 Å². The first kappa shape index (κ1) is 17.5. The van der Waals surface area contributed by atoms with Crippen LogP contribution in [0, 0.1) is 6.92 Å². The average molecular weight is 326 g/mol. The first-order chi connectivity index (χ1) is 11.5. The number of amides is 2. The van der Waals surface area contributed by atoms with Gasteiger partial charge in [0.1, 0.15) is 5.75 Å². The average Bonchev–Trinajstić information content (AvgIpc) is 2.59. The first-order valence-corrected chi connectivity index (χ1v) is 7.79. The van der Waals surface area contributed by atoms with Crippen LogP contribution in [0.15, 0.2) is 48.5 Å². The normalized spacial score (nSPS) is 10.1. The largest absolute Gasteiger partial charge is 0.497 e. The number of nitrogens with one attached hydrogen (secondary N) is 1. The molecule has 0 aliphatic heterocycles. The SMILES string of the molecule is COc1cccc(C(=O)NCCN(C(C)=O)c2ccccc2C)c1. The molecule has 0 aromatic heterocycles. The monoisotopic (exact) mass is 326 g/mol. The molecule has 0 unspecified atom stereocenters. The number of hydrogen-bond donors (Lipinski definition) is 1. The highest BCUT2D eigenvalue weighted by molar-refractivity contribution is 5.95. The van der Waals surface area contributed by atoms with Crippen molar-refractivity contribution in [3.8, 4) is 5.75 Å². The molecular weight excluding hydrogens is 304 g/mol. The lowest BCUT2D eigenvalue weighted by Gasteiger charge is -2.23. The topological polar surface area (TPSA) is 58.6 Å². The summed E-state index contributed by atoms with van der Waals surface area (Å²) in [5, 5.41) is 2.84. The summed E-state index contributed by atoms with van der Waals surface area (Å²) in [5.41, 5.74) is 2.41. The molecule has 0 bridgehead atoms. The van der Waals surface area contributed by atoms with E-state index in [2.05, 4.69) is 5.32 Å². The summed E-state index contributed by atoms with van der Waals surface area (Å²) in [7, 11) is 1.56. The lowest BCUT2D eigenvalue weighted by Crippen LogP contribution is -2.37. The molecule has 0 radical (unpaired) electrons. The van der Waals surface area contributed by atoms with Gasteiger partial charge in [-0.05, 0) is 36.8 Å². The minimum Gasteiger partial charge on any atom is -0.497 e. The van der Waals surface area contributed by atoms with Crippen LogP contribution in [0.1, 0.15) is 22.8 Å². The van der Waals surface area contributed by atoms with Crippen molar-refractivity contribution in [3.05, 3.63) is 59.7 Å². The number of anilines is 1. The van der Waals surface area contributed by atoms with E-state index in [0.29, 0.717) is 24.4 Å². The third-order valence-corrected chi connectivity index (χ3v) is 3.74. The standard InChI is InChI=1S/C19H22N2O3/c1-14-7-4-5-10-18(14)21(15(2)22)12-11-20-19(23)16-8-6-9-17(13-16)24-3/h4-10,13H,11-12H2,1-3H3,(H,20,23). The van der Waals surface area contributed by atoms with Crippen molar-refractivity contribution in [1.29, 1.82) is 0 Å². The Morgan fingerprint density at radius 1 is 1.12 bits per heavy atom. The van der Waals surface area contributed by atoms with E-state index in [4.69, 9.17) is 4.74 Å². The maximum absolute atomic E-state index is 12.2. The molecule has 1 N–H and O–H groups in total. The van der Waals surface area contributed by atoms with Crippen molar-refractivity contribution in [3.63, 3.8) is 0 Å². The number of methoxy groups -OCH3 is 1. The lowest BCUT2D eigenvalue weighted by atomic mass is 10.1.